The summed E-state index contributed by atoms with van der Waals surface area (Å²) in [6, 6.07) is 17.1. The zero-order valence-electron chi connectivity index (χ0n) is 14.5. The van der Waals surface area contributed by atoms with Gasteiger partial charge in [-0.05, 0) is 55.2 Å². The van der Waals surface area contributed by atoms with Crippen LogP contribution in [0.2, 0.25) is 0 Å². The summed E-state index contributed by atoms with van der Waals surface area (Å²) in [5, 5.41) is 0. The molecule has 0 aliphatic carbocycles. The Kier molecular flexibility index (Phi) is 5.47. The zero-order valence-corrected chi connectivity index (χ0v) is 14.5. The summed E-state index contributed by atoms with van der Waals surface area (Å²) in [7, 11) is 0. The van der Waals surface area contributed by atoms with Crippen LogP contribution < -0.4 is 4.74 Å². The predicted molar refractivity (Wildman–Crippen MR) is 102 cm³/mol. The molecule has 0 aromatic heterocycles. The second kappa shape index (κ2) is 7.96. The number of benzene rings is 2. The van der Waals surface area contributed by atoms with Crippen LogP contribution >= 0.6 is 0 Å². The summed E-state index contributed by atoms with van der Waals surface area (Å²) in [6.45, 7) is 4.95. The first kappa shape index (κ1) is 16.5. The smallest absolute Gasteiger partial charge is 0.119 e. The molecule has 0 radical (unpaired) electrons. The lowest BCUT2D eigenvalue weighted by molar-refractivity contribution is 0.339. The molecule has 1 atom stereocenters. The van der Waals surface area contributed by atoms with E-state index in [9.17, 15) is 0 Å². The van der Waals surface area contributed by atoms with Crippen LogP contribution in [0.5, 0.6) is 5.75 Å². The molecule has 0 N–H and O–H groups in total. The van der Waals surface area contributed by atoms with Gasteiger partial charge in [-0.2, -0.15) is 0 Å². The molecule has 3 rings (SSSR count). The van der Waals surface area contributed by atoms with Crippen LogP contribution in [-0.2, 0) is 6.42 Å². The number of hydrogen-bond donors (Lipinski definition) is 0. The number of nitrogens with zero attached hydrogens (tertiary/aromatic N) is 1. The molecule has 1 unspecified atom stereocenters. The van der Waals surface area contributed by atoms with Crippen molar-refractivity contribution in [3.8, 4) is 5.75 Å². The average Bonchev–Trinajstić information content (AvgIpc) is 2.61. The van der Waals surface area contributed by atoms with Gasteiger partial charge in [0.25, 0.3) is 0 Å². The standard InChI is InChI=1S/C22H25NO/c1-3-8-19-15-18-16-20(24-4-2)12-13-21(18)22(23-19)14-11-17-9-6-5-7-10-17/h5-7,9-14,16,19H,3-4,8,15H2,1-2H3/b14-11+. The molecule has 0 amide bonds. The Morgan fingerprint density at radius 1 is 1.08 bits per heavy atom. The van der Waals surface area contributed by atoms with Crippen LogP contribution in [0, 0.1) is 0 Å². The molecule has 24 heavy (non-hydrogen) atoms. The van der Waals surface area contributed by atoms with Gasteiger partial charge in [0.15, 0.2) is 0 Å². The van der Waals surface area contributed by atoms with Crippen molar-refractivity contribution in [2.45, 2.75) is 39.2 Å². The monoisotopic (exact) mass is 319 g/mol. The fourth-order valence-corrected chi connectivity index (χ4v) is 3.18. The van der Waals surface area contributed by atoms with Crippen molar-refractivity contribution in [2.75, 3.05) is 6.61 Å². The normalized spacial score (nSPS) is 16.8. The molecule has 0 fully saturated rings. The molecule has 0 spiro atoms. The third kappa shape index (κ3) is 3.94. The van der Waals surface area contributed by atoms with Gasteiger partial charge >= 0.3 is 0 Å². The highest BCUT2D eigenvalue weighted by Gasteiger charge is 2.19. The quantitative estimate of drug-likeness (QED) is 0.707. The SMILES string of the molecule is CCCC1Cc2cc(OCC)ccc2C(/C=C/c2ccccc2)=N1. The van der Waals surface area contributed by atoms with Crippen molar-refractivity contribution in [1.82, 2.24) is 0 Å². The molecule has 1 heterocycles. The molecule has 124 valence electrons. The van der Waals surface area contributed by atoms with Crippen molar-refractivity contribution in [3.63, 3.8) is 0 Å². The lowest BCUT2D eigenvalue weighted by Crippen LogP contribution is -2.20. The molecule has 2 aromatic carbocycles. The van der Waals surface area contributed by atoms with Gasteiger partial charge < -0.3 is 4.74 Å². The third-order valence-electron chi connectivity index (χ3n) is 4.30. The topological polar surface area (TPSA) is 21.6 Å². The summed E-state index contributed by atoms with van der Waals surface area (Å²) < 4.78 is 5.67. The minimum atomic E-state index is 0.370. The Bertz CT molecular complexity index is 731. The molecular weight excluding hydrogens is 294 g/mol. The van der Waals surface area contributed by atoms with Gasteiger partial charge in [-0.15, -0.1) is 0 Å². The summed E-state index contributed by atoms with van der Waals surface area (Å²) >= 11 is 0. The fraction of sp³-hybridized carbons (Fsp3) is 0.318. The van der Waals surface area contributed by atoms with Crippen molar-refractivity contribution < 1.29 is 4.74 Å². The maximum atomic E-state index is 5.67. The summed E-state index contributed by atoms with van der Waals surface area (Å²) in [5.41, 5.74) is 4.87. The van der Waals surface area contributed by atoms with E-state index in [1.165, 1.54) is 16.7 Å². The number of ether oxygens (including phenoxy) is 1. The summed E-state index contributed by atoms with van der Waals surface area (Å²) in [5.74, 6) is 0.958. The van der Waals surface area contributed by atoms with E-state index in [-0.39, 0.29) is 0 Å². The first-order valence-corrected chi connectivity index (χ1v) is 8.87. The molecule has 2 heteroatoms. The van der Waals surface area contributed by atoms with Crippen molar-refractivity contribution >= 4 is 11.8 Å². The molecule has 2 aromatic rings. The number of fused-ring (bicyclic) bond motifs is 1. The van der Waals surface area contributed by atoms with Crippen LogP contribution in [0.25, 0.3) is 6.08 Å². The molecular formula is C22H25NO. The van der Waals surface area contributed by atoms with Crippen LogP contribution in [0.3, 0.4) is 0 Å². The molecule has 0 saturated heterocycles. The highest BCUT2D eigenvalue weighted by Crippen LogP contribution is 2.27. The van der Waals surface area contributed by atoms with Crippen molar-refractivity contribution in [3.05, 3.63) is 71.3 Å². The first-order chi connectivity index (χ1) is 11.8. The molecule has 1 aliphatic rings. The van der Waals surface area contributed by atoms with E-state index in [1.54, 1.807) is 0 Å². The number of hydrogen-bond acceptors (Lipinski definition) is 2. The summed E-state index contributed by atoms with van der Waals surface area (Å²) in [6.07, 6.45) is 7.59. The van der Waals surface area contributed by atoms with E-state index in [2.05, 4.69) is 55.5 Å². The second-order valence-electron chi connectivity index (χ2n) is 6.16. The van der Waals surface area contributed by atoms with E-state index in [4.69, 9.17) is 9.73 Å². The van der Waals surface area contributed by atoms with E-state index >= 15 is 0 Å². The Morgan fingerprint density at radius 2 is 1.92 bits per heavy atom. The van der Waals surface area contributed by atoms with Crippen LogP contribution in [0.1, 0.15) is 43.4 Å². The van der Waals surface area contributed by atoms with Gasteiger partial charge in [0.2, 0.25) is 0 Å². The first-order valence-electron chi connectivity index (χ1n) is 8.87. The molecule has 1 aliphatic heterocycles. The van der Waals surface area contributed by atoms with Crippen LogP contribution in [0.15, 0.2) is 59.6 Å². The van der Waals surface area contributed by atoms with Gasteiger partial charge in [0.05, 0.1) is 18.4 Å². The van der Waals surface area contributed by atoms with E-state index < -0.39 is 0 Å². The Hall–Kier alpha value is -2.35. The number of rotatable bonds is 6. The Morgan fingerprint density at radius 3 is 2.67 bits per heavy atom. The lowest BCUT2D eigenvalue weighted by Gasteiger charge is -2.22. The minimum absolute atomic E-state index is 0.370. The molecule has 0 bridgehead atoms. The van der Waals surface area contributed by atoms with E-state index in [0.29, 0.717) is 12.6 Å². The highest BCUT2D eigenvalue weighted by atomic mass is 16.5. The largest absolute Gasteiger partial charge is 0.494 e. The van der Waals surface area contributed by atoms with Crippen molar-refractivity contribution in [1.29, 1.82) is 0 Å². The van der Waals surface area contributed by atoms with Crippen molar-refractivity contribution in [2.24, 2.45) is 4.99 Å². The van der Waals surface area contributed by atoms with Gasteiger partial charge in [-0.25, -0.2) is 0 Å². The maximum absolute atomic E-state index is 5.67. The predicted octanol–water partition coefficient (Wildman–Crippen LogP) is 5.31. The van der Waals surface area contributed by atoms with Gasteiger partial charge in [-0.3, -0.25) is 4.99 Å². The zero-order chi connectivity index (χ0) is 16.8. The minimum Gasteiger partial charge on any atom is -0.494 e. The van der Waals surface area contributed by atoms with Gasteiger partial charge in [0, 0.05) is 5.56 Å². The van der Waals surface area contributed by atoms with Crippen LogP contribution in [0.4, 0.5) is 0 Å². The van der Waals surface area contributed by atoms with E-state index in [1.807, 2.05) is 19.1 Å². The average molecular weight is 319 g/mol. The Balaban J connectivity index is 1.92. The Labute approximate surface area is 144 Å². The third-order valence-corrected chi connectivity index (χ3v) is 4.30. The number of aliphatic imine (C=N–C) groups is 1. The van der Waals surface area contributed by atoms with E-state index in [0.717, 1.165) is 30.7 Å². The number of allylic oxidation sites excluding steroid dienone is 1. The molecule has 0 saturated carbocycles. The lowest BCUT2D eigenvalue weighted by atomic mass is 9.91. The van der Waals surface area contributed by atoms with Gasteiger partial charge in [0.1, 0.15) is 5.75 Å². The second-order valence-corrected chi connectivity index (χ2v) is 6.16. The molecule has 2 nitrogen and oxygen atoms in total. The fourth-order valence-electron chi connectivity index (χ4n) is 3.18. The van der Waals surface area contributed by atoms with Gasteiger partial charge in [-0.1, -0.05) is 49.8 Å². The maximum Gasteiger partial charge on any atom is 0.119 e. The van der Waals surface area contributed by atoms with Crippen LogP contribution in [-0.4, -0.2) is 18.4 Å². The highest BCUT2D eigenvalue weighted by molar-refractivity contribution is 6.12. The summed E-state index contributed by atoms with van der Waals surface area (Å²) in [4.78, 5) is 4.99.